The zero-order chi connectivity index (χ0) is 19.2. The van der Waals surface area contributed by atoms with Crippen LogP contribution in [-0.4, -0.2) is 31.1 Å². The highest BCUT2D eigenvalue weighted by molar-refractivity contribution is 5.48. The van der Waals surface area contributed by atoms with E-state index in [1.807, 2.05) is 66.7 Å². The molecular formula is C24H26N2O2. The Labute approximate surface area is 166 Å². The summed E-state index contributed by atoms with van der Waals surface area (Å²) < 4.78 is 12.3. The molecule has 0 bridgehead atoms. The van der Waals surface area contributed by atoms with Crippen LogP contribution in [-0.2, 0) is 0 Å². The lowest BCUT2D eigenvalue weighted by Gasteiger charge is -2.33. The molecule has 28 heavy (non-hydrogen) atoms. The molecule has 0 amide bonds. The summed E-state index contributed by atoms with van der Waals surface area (Å²) in [5, 5.41) is 3.42. The van der Waals surface area contributed by atoms with Crippen LogP contribution in [0.5, 0.6) is 23.0 Å². The molecule has 4 nitrogen and oxygen atoms in total. The van der Waals surface area contributed by atoms with E-state index in [-0.39, 0.29) is 0 Å². The molecular weight excluding hydrogens is 348 g/mol. The fraction of sp³-hybridized carbons (Fsp3) is 0.250. The Kier molecular flexibility index (Phi) is 5.90. The first-order valence-corrected chi connectivity index (χ1v) is 9.84. The topological polar surface area (TPSA) is 33.7 Å². The number of para-hydroxylation sites is 2. The summed E-state index contributed by atoms with van der Waals surface area (Å²) in [6, 6.07) is 26.2. The molecule has 0 unspecified atom stereocenters. The third-order valence-electron chi connectivity index (χ3n) is 5.09. The summed E-state index contributed by atoms with van der Waals surface area (Å²) >= 11 is 0. The molecule has 0 spiro atoms. The van der Waals surface area contributed by atoms with Crippen molar-refractivity contribution in [3.63, 3.8) is 0 Å². The van der Waals surface area contributed by atoms with E-state index >= 15 is 0 Å². The van der Waals surface area contributed by atoms with Crippen LogP contribution in [0.15, 0.2) is 78.9 Å². The van der Waals surface area contributed by atoms with Crippen LogP contribution in [0.1, 0.15) is 18.5 Å². The van der Waals surface area contributed by atoms with Gasteiger partial charge in [0.25, 0.3) is 0 Å². The molecule has 3 aromatic rings. The normalized spacial score (nSPS) is 15.8. The Morgan fingerprint density at radius 3 is 1.93 bits per heavy atom. The average Bonchev–Trinajstić information content (AvgIpc) is 2.76. The predicted molar refractivity (Wildman–Crippen MR) is 112 cm³/mol. The van der Waals surface area contributed by atoms with Gasteiger partial charge in [0, 0.05) is 32.2 Å². The van der Waals surface area contributed by atoms with Crippen molar-refractivity contribution in [2.24, 2.45) is 0 Å². The van der Waals surface area contributed by atoms with E-state index in [4.69, 9.17) is 9.47 Å². The summed E-state index contributed by atoms with van der Waals surface area (Å²) in [6.07, 6.45) is 0. The predicted octanol–water partition coefficient (Wildman–Crippen LogP) is 5.24. The molecule has 0 radical (unpaired) electrons. The lowest BCUT2D eigenvalue weighted by atomic mass is 10.1. The van der Waals surface area contributed by atoms with E-state index in [0.717, 1.165) is 43.4 Å². The highest BCUT2D eigenvalue weighted by Gasteiger charge is 2.20. The van der Waals surface area contributed by atoms with Crippen LogP contribution in [0.2, 0.25) is 0 Å². The van der Waals surface area contributed by atoms with Gasteiger partial charge < -0.3 is 14.8 Å². The van der Waals surface area contributed by atoms with Gasteiger partial charge in [-0.1, -0.05) is 42.5 Å². The van der Waals surface area contributed by atoms with Crippen molar-refractivity contribution >= 4 is 0 Å². The quantitative estimate of drug-likeness (QED) is 0.640. The van der Waals surface area contributed by atoms with Crippen molar-refractivity contribution in [1.82, 2.24) is 10.2 Å². The highest BCUT2D eigenvalue weighted by atomic mass is 16.5. The van der Waals surface area contributed by atoms with Crippen LogP contribution >= 0.6 is 0 Å². The maximum Gasteiger partial charge on any atom is 0.170 e. The van der Waals surface area contributed by atoms with Gasteiger partial charge in [-0.3, -0.25) is 4.90 Å². The number of nitrogens with zero attached hydrogens (tertiary/aromatic N) is 1. The molecule has 1 N–H and O–H groups in total. The minimum atomic E-state index is 0.325. The largest absolute Gasteiger partial charge is 0.453 e. The van der Waals surface area contributed by atoms with Crippen LogP contribution in [0, 0.1) is 0 Å². The Morgan fingerprint density at radius 2 is 1.32 bits per heavy atom. The fourth-order valence-electron chi connectivity index (χ4n) is 3.46. The number of ether oxygens (including phenoxy) is 2. The molecule has 1 aliphatic heterocycles. The lowest BCUT2D eigenvalue weighted by molar-refractivity contribution is 0.185. The number of piperazine rings is 1. The summed E-state index contributed by atoms with van der Waals surface area (Å²) in [6.45, 7) is 6.43. The van der Waals surface area contributed by atoms with Crippen molar-refractivity contribution in [1.29, 1.82) is 0 Å². The fourth-order valence-corrected chi connectivity index (χ4v) is 3.46. The summed E-state index contributed by atoms with van der Waals surface area (Å²) in [5.74, 6) is 3.04. The van der Waals surface area contributed by atoms with Gasteiger partial charge in [0.1, 0.15) is 11.5 Å². The smallest absolute Gasteiger partial charge is 0.170 e. The van der Waals surface area contributed by atoms with Crippen molar-refractivity contribution < 1.29 is 9.47 Å². The number of hydrogen-bond donors (Lipinski definition) is 1. The second-order valence-electron chi connectivity index (χ2n) is 7.00. The van der Waals surface area contributed by atoms with Gasteiger partial charge in [-0.15, -0.1) is 0 Å². The Balaban J connectivity index is 1.63. The van der Waals surface area contributed by atoms with Crippen LogP contribution in [0.4, 0.5) is 0 Å². The molecule has 3 aromatic carbocycles. The molecule has 1 aliphatic rings. The van der Waals surface area contributed by atoms with Crippen LogP contribution in [0.25, 0.3) is 0 Å². The second kappa shape index (κ2) is 8.91. The summed E-state index contributed by atoms with van der Waals surface area (Å²) in [5.41, 5.74) is 1.23. The molecule has 0 aromatic heterocycles. The number of rotatable bonds is 6. The van der Waals surface area contributed by atoms with Crippen LogP contribution < -0.4 is 14.8 Å². The lowest BCUT2D eigenvalue weighted by Crippen LogP contribution is -2.44. The first kappa shape index (κ1) is 18.5. The molecule has 1 saturated heterocycles. The van der Waals surface area contributed by atoms with Gasteiger partial charge in [0.05, 0.1) is 0 Å². The second-order valence-corrected chi connectivity index (χ2v) is 7.00. The SMILES string of the molecule is C[C@@H](c1ccc(Oc2ccccc2)c(Oc2ccccc2)c1)N1CCNCC1. The average molecular weight is 374 g/mol. The van der Waals surface area contributed by atoms with Crippen molar-refractivity contribution in [3.05, 3.63) is 84.4 Å². The maximum absolute atomic E-state index is 6.20. The van der Waals surface area contributed by atoms with Gasteiger partial charge in [0.15, 0.2) is 11.5 Å². The minimum absolute atomic E-state index is 0.325. The molecule has 4 heteroatoms. The van der Waals surface area contributed by atoms with Crippen molar-refractivity contribution in [2.45, 2.75) is 13.0 Å². The molecule has 144 valence electrons. The van der Waals surface area contributed by atoms with E-state index in [9.17, 15) is 0 Å². The Morgan fingerprint density at radius 1 is 0.750 bits per heavy atom. The van der Waals surface area contributed by atoms with Gasteiger partial charge in [-0.25, -0.2) is 0 Å². The molecule has 4 rings (SSSR count). The highest BCUT2D eigenvalue weighted by Crippen LogP contribution is 2.37. The molecule has 0 saturated carbocycles. The van der Waals surface area contributed by atoms with E-state index in [1.165, 1.54) is 5.56 Å². The summed E-state index contributed by atoms with van der Waals surface area (Å²) in [7, 11) is 0. The van der Waals surface area contributed by atoms with E-state index in [1.54, 1.807) is 0 Å². The summed E-state index contributed by atoms with van der Waals surface area (Å²) in [4.78, 5) is 2.50. The number of hydrogen-bond acceptors (Lipinski definition) is 4. The van der Waals surface area contributed by atoms with Crippen molar-refractivity contribution in [3.8, 4) is 23.0 Å². The monoisotopic (exact) mass is 374 g/mol. The minimum Gasteiger partial charge on any atom is -0.453 e. The number of nitrogens with one attached hydrogen (secondary N) is 1. The standard InChI is InChI=1S/C24H26N2O2/c1-19(26-16-14-25-15-17-26)20-12-13-23(27-21-8-4-2-5-9-21)24(18-20)28-22-10-6-3-7-11-22/h2-13,18-19,25H,14-17H2,1H3/t19-/m0/s1. The van der Waals surface area contributed by atoms with E-state index in [2.05, 4.69) is 29.3 Å². The molecule has 0 aliphatic carbocycles. The number of benzene rings is 3. The zero-order valence-corrected chi connectivity index (χ0v) is 16.2. The van der Waals surface area contributed by atoms with Gasteiger partial charge in [-0.05, 0) is 48.9 Å². The third-order valence-corrected chi connectivity index (χ3v) is 5.09. The first-order chi connectivity index (χ1) is 13.8. The van der Waals surface area contributed by atoms with E-state index < -0.39 is 0 Å². The van der Waals surface area contributed by atoms with Gasteiger partial charge in [-0.2, -0.15) is 0 Å². The Hall–Kier alpha value is -2.82. The Bertz CT molecular complexity index is 878. The van der Waals surface area contributed by atoms with Gasteiger partial charge in [0.2, 0.25) is 0 Å². The maximum atomic E-state index is 6.20. The van der Waals surface area contributed by atoms with Gasteiger partial charge >= 0.3 is 0 Å². The van der Waals surface area contributed by atoms with Crippen LogP contribution in [0.3, 0.4) is 0 Å². The first-order valence-electron chi connectivity index (χ1n) is 9.84. The zero-order valence-electron chi connectivity index (χ0n) is 16.2. The molecule has 1 fully saturated rings. The third kappa shape index (κ3) is 4.53. The molecule has 1 heterocycles. The van der Waals surface area contributed by atoms with E-state index in [0.29, 0.717) is 11.8 Å². The molecule has 1 atom stereocenters. The van der Waals surface area contributed by atoms with Crippen molar-refractivity contribution in [2.75, 3.05) is 26.2 Å².